The van der Waals surface area contributed by atoms with Crippen molar-refractivity contribution < 1.29 is 5.11 Å². The fourth-order valence-corrected chi connectivity index (χ4v) is 10.4. The molecule has 190 valence electrons. The predicted octanol–water partition coefficient (Wildman–Crippen LogP) is 6.68. The Morgan fingerprint density at radius 3 is 1.38 bits per heavy atom. The molecule has 6 rings (SSSR count). The Morgan fingerprint density at radius 1 is 0.487 bits per heavy atom. The zero-order valence-electron chi connectivity index (χ0n) is 21.6. The monoisotopic (exact) mass is 540 g/mol. The smallest absolute Gasteiger partial charge is 0.0900 e. The molecule has 0 bridgehead atoms. The van der Waals surface area contributed by atoms with Gasteiger partial charge in [-0.05, 0) is 53.2 Å². The maximum absolute atomic E-state index is 12.2. The fraction of sp³-hybridized carbons (Fsp3) is 0.0556. The van der Waals surface area contributed by atoms with Gasteiger partial charge in [-0.25, -0.2) is 0 Å². The first kappa shape index (κ1) is 25.7. The highest BCUT2D eigenvalue weighted by molar-refractivity contribution is 7.80. The van der Waals surface area contributed by atoms with Gasteiger partial charge in [0.05, 0.1) is 6.10 Å². The molecule has 0 aromatic heterocycles. The van der Waals surface area contributed by atoms with E-state index in [4.69, 9.17) is 0 Å². The third-order valence-electron chi connectivity index (χ3n) is 7.08. The average Bonchev–Trinajstić information content (AvgIpc) is 3.49. The van der Waals surface area contributed by atoms with E-state index >= 15 is 0 Å². The summed E-state index contributed by atoms with van der Waals surface area (Å²) in [5.41, 5.74) is 1.01. The van der Waals surface area contributed by atoms with Crippen LogP contribution in [0.15, 0.2) is 169 Å². The third-order valence-corrected chi connectivity index (χ3v) is 12.2. The fourth-order valence-electron chi connectivity index (χ4n) is 5.29. The lowest BCUT2D eigenvalue weighted by molar-refractivity contribution is 0.151. The number of aliphatic hydroxyl groups excluding tert-OH is 1. The van der Waals surface area contributed by atoms with Crippen molar-refractivity contribution in [3.63, 3.8) is 0 Å². The molecule has 5 aromatic rings. The molecule has 0 fully saturated rings. The molecule has 0 saturated heterocycles. The molecule has 0 amide bonds. The molecule has 1 nitrogen and oxygen atoms in total. The second-order valence-electron chi connectivity index (χ2n) is 9.52. The quantitative estimate of drug-likeness (QED) is 0.218. The van der Waals surface area contributed by atoms with Gasteiger partial charge in [-0.1, -0.05) is 164 Å². The summed E-state index contributed by atoms with van der Waals surface area (Å²) in [4.78, 5) is 0. The maximum atomic E-state index is 12.2. The summed E-state index contributed by atoms with van der Waals surface area (Å²) in [5, 5.41) is 19.9. The van der Waals surface area contributed by atoms with Crippen molar-refractivity contribution in [2.75, 3.05) is 0 Å². The summed E-state index contributed by atoms with van der Waals surface area (Å²) in [6.45, 7) is 0. The summed E-state index contributed by atoms with van der Waals surface area (Å²) < 4.78 is 0. The van der Waals surface area contributed by atoms with Gasteiger partial charge in [0, 0.05) is 5.92 Å². The minimum Gasteiger partial charge on any atom is -0.387 e. The van der Waals surface area contributed by atoms with Gasteiger partial charge in [-0.2, -0.15) is 0 Å². The zero-order chi connectivity index (χ0) is 26.4. The maximum Gasteiger partial charge on any atom is 0.0900 e. The first-order chi connectivity index (χ1) is 19.3. The van der Waals surface area contributed by atoms with Gasteiger partial charge in [-0.3, -0.25) is 0 Å². The van der Waals surface area contributed by atoms with E-state index < -0.39 is 21.9 Å². The van der Waals surface area contributed by atoms with Crippen LogP contribution in [0.5, 0.6) is 0 Å². The van der Waals surface area contributed by atoms with Crippen molar-refractivity contribution in [3.05, 3.63) is 175 Å². The SMILES string of the molecule is O[C@H](c1ccccc1P(c1ccccc1)c1ccccc1)C1C=CC=C1P(c1ccccc1)c1ccccc1. The number of aliphatic hydroxyl groups is 1. The molecule has 1 N–H and O–H groups in total. The molecule has 0 radical (unpaired) electrons. The summed E-state index contributed by atoms with van der Waals surface area (Å²) in [6, 6.07) is 51.4. The molecular formula is C36H30OP2. The van der Waals surface area contributed by atoms with Crippen LogP contribution in [0, 0.1) is 5.92 Å². The zero-order valence-corrected chi connectivity index (χ0v) is 23.4. The third kappa shape index (κ3) is 5.45. The molecule has 0 saturated carbocycles. The Kier molecular flexibility index (Phi) is 7.94. The van der Waals surface area contributed by atoms with Crippen LogP contribution >= 0.6 is 15.8 Å². The summed E-state index contributed by atoms with van der Waals surface area (Å²) in [5.74, 6) is -0.0962. The van der Waals surface area contributed by atoms with Gasteiger partial charge < -0.3 is 5.11 Å². The van der Waals surface area contributed by atoms with Crippen molar-refractivity contribution >= 4 is 42.4 Å². The number of hydrogen-bond acceptors (Lipinski definition) is 1. The second-order valence-corrected chi connectivity index (χ2v) is 13.9. The molecule has 5 aromatic carbocycles. The van der Waals surface area contributed by atoms with Crippen LogP contribution in [0.4, 0.5) is 0 Å². The van der Waals surface area contributed by atoms with Crippen molar-refractivity contribution in [1.82, 2.24) is 0 Å². The van der Waals surface area contributed by atoms with E-state index in [1.54, 1.807) is 0 Å². The Bertz CT molecular complexity index is 1490. The van der Waals surface area contributed by atoms with Gasteiger partial charge >= 0.3 is 0 Å². The van der Waals surface area contributed by atoms with Crippen LogP contribution in [-0.2, 0) is 0 Å². The Balaban J connectivity index is 1.43. The van der Waals surface area contributed by atoms with E-state index in [1.807, 2.05) is 0 Å². The topological polar surface area (TPSA) is 20.2 Å². The summed E-state index contributed by atoms with van der Waals surface area (Å²) in [6.07, 6.45) is 5.90. The number of hydrogen-bond donors (Lipinski definition) is 1. The van der Waals surface area contributed by atoms with Crippen molar-refractivity contribution in [3.8, 4) is 0 Å². The predicted molar refractivity (Wildman–Crippen MR) is 170 cm³/mol. The molecule has 0 spiro atoms. The van der Waals surface area contributed by atoms with Crippen molar-refractivity contribution in [2.24, 2.45) is 5.92 Å². The molecule has 2 atom stereocenters. The molecule has 0 aliphatic heterocycles. The van der Waals surface area contributed by atoms with E-state index in [1.165, 1.54) is 31.8 Å². The minimum atomic E-state index is -0.829. The Hall–Kier alpha value is -3.60. The molecule has 1 unspecified atom stereocenters. The van der Waals surface area contributed by atoms with Crippen molar-refractivity contribution in [1.29, 1.82) is 0 Å². The molecule has 0 heterocycles. The lowest BCUT2D eigenvalue weighted by Crippen LogP contribution is -2.27. The first-order valence-electron chi connectivity index (χ1n) is 13.3. The van der Waals surface area contributed by atoms with Crippen molar-refractivity contribution in [2.45, 2.75) is 6.10 Å². The highest BCUT2D eigenvalue weighted by atomic mass is 31.1. The van der Waals surface area contributed by atoms with Gasteiger partial charge in [0.15, 0.2) is 0 Å². The molecule has 39 heavy (non-hydrogen) atoms. The largest absolute Gasteiger partial charge is 0.387 e. The molecule has 3 heteroatoms. The number of allylic oxidation sites excluding steroid dienone is 2. The van der Waals surface area contributed by atoms with Crippen LogP contribution in [0.25, 0.3) is 0 Å². The van der Waals surface area contributed by atoms with E-state index in [0.29, 0.717) is 0 Å². The van der Waals surface area contributed by atoms with Crippen LogP contribution in [0.1, 0.15) is 11.7 Å². The van der Waals surface area contributed by atoms with Crippen LogP contribution in [0.2, 0.25) is 0 Å². The lowest BCUT2D eigenvalue weighted by Gasteiger charge is -2.30. The van der Waals surface area contributed by atoms with E-state index in [-0.39, 0.29) is 5.92 Å². The normalized spacial score (nSPS) is 15.5. The van der Waals surface area contributed by atoms with Gasteiger partial charge in [0.2, 0.25) is 0 Å². The Morgan fingerprint density at radius 2 is 0.897 bits per heavy atom. The van der Waals surface area contributed by atoms with Gasteiger partial charge in [-0.15, -0.1) is 0 Å². The van der Waals surface area contributed by atoms with Crippen LogP contribution in [0.3, 0.4) is 0 Å². The lowest BCUT2D eigenvalue weighted by atomic mass is 9.97. The molecule has 1 aliphatic rings. The van der Waals surface area contributed by atoms with E-state index in [0.717, 1.165) is 5.56 Å². The van der Waals surface area contributed by atoms with E-state index in [2.05, 4.69) is 164 Å². The van der Waals surface area contributed by atoms with Crippen LogP contribution in [-0.4, -0.2) is 5.11 Å². The minimum absolute atomic E-state index is 0.0962. The van der Waals surface area contributed by atoms with E-state index in [9.17, 15) is 5.11 Å². The summed E-state index contributed by atoms with van der Waals surface area (Å²) >= 11 is 0. The second kappa shape index (κ2) is 12.1. The van der Waals surface area contributed by atoms with Crippen LogP contribution < -0.4 is 26.5 Å². The van der Waals surface area contributed by atoms with Gasteiger partial charge in [0.25, 0.3) is 0 Å². The Labute approximate surface area is 233 Å². The number of rotatable bonds is 8. The molecule has 1 aliphatic carbocycles. The standard InChI is InChI=1S/C36H30OP2/c37-36(33-25-15-27-35(33)39(30-20-9-3-10-21-30)31-22-11-4-12-23-31)32-24-13-14-26-34(32)38(28-16-5-1-6-17-28)29-18-7-2-8-19-29/h1-27,33,36-37H/t33?,36-/m1/s1. The highest BCUT2D eigenvalue weighted by Crippen LogP contribution is 2.52. The van der Waals surface area contributed by atoms with Gasteiger partial charge in [0.1, 0.15) is 0 Å². The molecular weight excluding hydrogens is 510 g/mol. The number of benzene rings is 5. The summed E-state index contributed by atoms with van der Waals surface area (Å²) in [7, 11) is -1.61. The highest BCUT2D eigenvalue weighted by Gasteiger charge is 2.33. The first-order valence-corrected chi connectivity index (χ1v) is 16.0. The average molecular weight is 541 g/mol.